The number of piperidine rings is 1. The molecule has 1 aromatic carbocycles. The number of H-pyrrole nitrogens is 1. The number of carbonyl (C=O) groups excluding carboxylic acids is 2. The third kappa shape index (κ3) is 3.57. The highest BCUT2D eigenvalue weighted by atomic mass is 16.2. The number of likely N-dealkylation sites (tertiary alicyclic amines) is 1. The molecule has 0 bridgehead atoms. The molecule has 1 aliphatic heterocycles. The highest BCUT2D eigenvalue weighted by molar-refractivity contribution is 5.97. The first kappa shape index (κ1) is 17.0. The molecule has 0 spiro atoms. The Labute approximate surface area is 152 Å². The fraction of sp³-hybridized carbons (Fsp3) is 0.579. The van der Waals surface area contributed by atoms with Gasteiger partial charge in [-0.05, 0) is 43.9 Å². The second kappa shape index (κ2) is 7.43. The van der Waals surface area contributed by atoms with Crippen molar-refractivity contribution >= 4 is 22.8 Å². The fourth-order valence-corrected chi connectivity index (χ4v) is 4.10. The van der Waals surface area contributed by atoms with Gasteiger partial charge in [-0.15, -0.1) is 0 Å². The molecule has 1 aliphatic carbocycles. The number of rotatable bonds is 3. The van der Waals surface area contributed by atoms with Gasteiger partial charge in [-0.1, -0.05) is 19.3 Å². The van der Waals surface area contributed by atoms with Gasteiger partial charge in [0, 0.05) is 24.7 Å². The molecular formula is C19H25N5O2. The molecule has 1 saturated carbocycles. The predicted octanol–water partition coefficient (Wildman–Crippen LogP) is 2.26. The van der Waals surface area contributed by atoms with Crippen LogP contribution in [0, 0.1) is 5.92 Å². The largest absolute Gasteiger partial charge is 0.353 e. The monoisotopic (exact) mass is 355 g/mol. The maximum absolute atomic E-state index is 12.9. The second-order valence-electron chi connectivity index (χ2n) is 7.46. The molecule has 26 heavy (non-hydrogen) atoms. The minimum absolute atomic E-state index is 0.0370. The van der Waals surface area contributed by atoms with Crippen LogP contribution in [0.5, 0.6) is 0 Å². The minimum atomic E-state index is -0.106. The summed E-state index contributed by atoms with van der Waals surface area (Å²) in [6.07, 6.45) is 7.55. The number of carbonyl (C=O) groups is 2. The molecule has 2 aliphatic rings. The molecule has 2 heterocycles. The topological polar surface area (TPSA) is 91.0 Å². The van der Waals surface area contributed by atoms with Crippen LogP contribution in [0.4, 0.5) is 0 Å². The van der Waals surface area contributed by atoms with Crippen LogP contribution in [0.1, 0.15) is 55.3 Å². The highest BCUT2D eigenvalue weighted by Gasteiger charge is 2.30. The van der Waals surface area contributed by atoms with Crippen molar-refractivity contribution in [3.8, 4) is 0 Å². The van der Waals surface area contributed by atoms with E-state index in [0.717, 1.165) is 31.2 Å². The van der Waals surface area contributed by atoms with Crippen LogP contribution in [-0.4, -0.2) is 51.3 Å². The van der Waals surface area contributed by atoms with Gasteiger partial charge < -0.3 is 10.2 Å². The average molecular weight is 355 g/mol. The standard InChI is InChI=1S/C19H25N5O2/c25-18(20-15-6-2-1-3-7-15)14-5-4-10-24(12-14)19(26)13-8-9-16-17(11-13)22-23-21-16/h8-9,11,14-15H,1-7,10,12H2,(H,20,25)(H,21,22,23). The molecule has 1 aromatic heterocycles. The molecule has 2 fully saturated rings. The first-order valence-corrected chi connectivity index (χ1v) is 9.61. The van der Waals surface area contributed by atoms with E-state index < -0.39 is 0 Å². The number of benzene rings is 1. The van der Waals surface area contributed by atoms with E-state index in [1.807, 2.05) is 0 Å². The van der Waals surface area contributed by atoms with Gasteiger partial charge in [0.2, 0.25) is 5.91 Å². The molecule has 138 valence electrons. The summed E-state index contributed by atoms with van der Waals surface area (Å²) in [4.78, 5) is 27.3. The summed E-state index contributed by atoms with van der Waals surface area (Å²) in [6, 6.07) is 5.65. The maximum Gasteiger partial charge on any atom is 0.253 e. The zero-order chi connectivity index (χ0) is 17.9. The summed E-state index contributed by atoms with van der Waals surface area (Å²) in [7, 11) is 0. The Morgan fingerprint density at radius 3 is 2.69 bits per heavy atom. The highest BCUT2D eigenvalue weighted by Crippen LogP contribution is 2.22. The van der Waals surface area contributed by atoms with Gasteiger partial charge in [0.25, 0.3) is 5.91 Å². The summed E-state index contributed by atoms with van der Waals surface area (Å²) in [5.41, 5.74) is 2.02. The van der Waals surface area contributed by atoms with Gasteiger partial charge in [0.05, 0.1) is 5.92 Å². The summed E-state index contributed by atoms with van der Waals surface area (Å²) >= 11 is 0. The smallest absolute Gasteiger partial charge is 0.253 e. The van der Waals surface area contributed by atoms with E-state index in [1.165, 1.54) is 19.3 Å². The van der Waals surface area contributed by atoms with E-state index in [2.05, 4.69) is 20.7 Å². The summed E-state index contributed by atoms with van der Waals surface area (Å²) in [6.45, 7) is 1.19. The van der Waals surface area contributed by atoms with E-state index in [1.54, 1.807) is 23.1 Å². The number of nitrogens with zero attached hydrogens (tertiary/aromatic N) is 3. The molecule has 1 saturated heterocycles. The van der Waals surface area contributed by atoms with Crippen molar-refractivity contribution in [2.45, 2.75) is 51.0 Å². The van der Waals surface area contributed by atoms with Crippen LogP contribution in [0.25, 0.3) is 11.0 Å². The SMILES string of the molecule is O=C(NC1CCCCC1)C1CCCN(C(=O)c2ccc3n[nH]nc3c2)C1. The van der Waals surface area contributed by atoms with Gasteiger partial charge >= 0.3 is 0 Å². The van der Waals surface area contributed by atoms with Crippen LogP contribution < -0.4 is 5.32 Å². The van der Waals surface area contributed by atoms with Crippen molar-refractivity contribution in [3.05, 3.63) is 23.8 Å². The first-order chi connectivity index (χ1) is 12.7. The van der Waals surface area contributed by atoms with Crippen LogP contribution in [0.15, 0.2) is 18.2 Å². The molecule has 2 aromatic rings. The number of fused-ring (bicyclic) bond motifs is 1. The number of nitrogens with one attached hydrogen (secondary N) is 2. The number of amides is 2. The van der Waals surface area contributed by atoms with E-state index in [9.17, 15) is 9.59 Å². The molecule has 7 nitrogen and oxygen atoms in total. The Kier molecular flexibility index (Phi) is 4.86. The molecular weight excluding hydrogens is 330 g/mol. The van der Waals surface area contributed by atoms with Crippen molar-refractivity contribution < 1.29 is 9.59 Å². The van der Waals surface area contributed by atoms with E-state index >= 15 is 0 Å². The normalized spacial score (nSPS) is 21.7. The van der Waals surface area contributed by atoms with Gasteiger partial charge in [-0.3, -0.25) is 9.59 Å². The molecule has 1 atom stereocenters. The zero-order valence-corrected chi connectivity index (χ0v) is 14.9. The van der Waals surface area contributed by atoms with Crippen LogP contribution >= 0.6 is 0 Å². The van der Waals surface area contributed by atoms with Crippen molar-refractivity contribution in [2.24, 2.45) is 5.92 Å². The van der Waals surface area contributed by atoms with Gasteiger partial charge in [-0.25, -0.2) is 0 Å². The third-order valence-corrected chi connectivity index (χ3v) is 5.59. The number of hydrogen-bond donors (Lipinski definition) is 2. The Morgan fingerprint density at radius 2 is 1.85 bits per heavy atom. The quantitative estimate of drug-likeness (QED) is 0.883. The molecule has 7 heteroatoms. The Bertz CT molecular complexity index is 796. The first-order valence-electron chi connectivity index (χ1n) is 9.61. The van der Waals surface area contributed by atoms with E-state index in [0.29, 0.717) is 30.2 Å². The maximum atomic E-state index is 12.9. The van der Waals surface area contributed by atoms with Crippen LogP contribution in [0.2, 0.25) is 0 Å². The van der Waals surface area contributed by atoms with Gasteiger partial charge in [-0.2, -0.15) is 15.4 Å². The third-order valence-electron chi connectivity index (χ3n) is 5.59. The fourth-order valence-electron chi connectivity index (χ4n) is 4.10. The number of aromatic amines is 1. The average Bonchev–Trinajstić information content (AvgIpc) is 3.16. The summed E-state index contributed by atoms with van der Waals surface area (Å²) < 4.78 is 0. The van der Waals surface area contributed by atoms with E-state index in [4.69, 9.17) is 0 Å². The minimum Gasteiger partial charge on any atom is -0.353 e. The zero-order valence-electron chi connectivity index (χ0n) is 14.9. The van der Waals surface area contributed by atoms with E-state index in [-0.39, 0.29) is 17.7 Å². The molecule has 1 unspecified atom stereocenters. The number of aromatic nitrogens is 3. The summed E-state index contributed by atoms with van der Waals surface area (Å²) in [5.74, 6) is -0.0307. The van der Waals surface area contributed by atoms with Crippen LogP contribution in [0.3, 0.4) is 0 Å². The predicted molar refractivity (Wildman–Crippen MR) is 97.5 cm³/mol. The number of hydrogen-bond acceptors (Lipinski definition) is 4. The van der Waals surface area contributed by atoms with Crippen molar-refractivity contribution in [2.75, 3.05) is 13.1 Å². The molecule has 4 rings (SSSR count). The second-order valence-corrected chi connectivity index (χ2v) is 7.46. The Morgan fingerprint density at radius 1 is 1.04 bits per heavy atom. The van der Waals surface area contributed by atoms with Crippen molar-refractivity contribution in [1.82, 2.24) is 25.6 Å². The lowest BCUT2D eigenvalue weighted by Gasteiger charge is -2.33. The van der Waals surface area contributed by atoms with Crippen molar-refractivity contribution in [3.63, 3.8) is 0 Å². The van der Waals surface area contributed by atoms with Crippen molar-refractivity contribution in [1.29, 1.82) is 0 Å². The van der Waals surface area contributed by atoms with Crippen LogP contribution in [-0.2, 0) is 4.79 Å². The molecule has 0 radical (unpaired) electrons. The lowest BCUT2D eigenvalue weighted by Crippen LogP contribution is -2.47. The van der Waals surface area contributed by atoms with Gasteiger partial charge in [0.15, 0.2) is 0 Å². The molecule has 2 N–H and O–H groups in total. The van der Waals surface area contributed by atoms with Gasteiger partial charge in [0.1, 0.15) is 11.0 Å². The lowest BCUT2D eigenvalue weighted by molar-refractivity contribution is -0.127. The Hall–Kier alpha value is -2.44. The lowest BCUT2D eigenvalue weighted by atomic mass is 9.92. The molecule has 2 amide bonds. The summed E-state index contributed by atoms with van der Waals surface area (Å²) in [5, 5.41) is 13.8. The Balaban J connectivity index is 1.40.